The topological polar surface area (TPSA) is 149 Å². The molecular weight excluding hydrogens is 524 g/mol. The highest BCUT2D eigenvalue weighted by Crippen LogP contribution is 2.52. The second-order valence-electron chi connectivity index (χ2n) is 11.8. The molecule has 41 heavy (non-hydrogen) atoms. The fourth-order valence-corrected chi connectivity index (χ4v) is 6.77. The van der Waals surface area contributed by atoms with Crippen LogP contribution in [-0.2, 0) is 28.9 Å². The molecule has 0 fully saturated rings. The number of hydrogen-bond donors (Lipinski definition) is 4. The third kappa shape index (κ3) is 4.41. The molecule has 3 aliphatic rings. The summed E-state index contributed by atoms with van der Waals surface area (Å²) < 4.78 is 0. The number of aryl methyl sites for hydroxylation is 2. The third-order valence-corrected chi connectivity index (χ3v) is 8.95. The number of rotatable bonds is 6. The molecule has 0 spiro atoms. The van der Waals surface area contributed by atoms with Crippen molar-refractivity contribution in [3.05, 3.63) is 86.4 Å². The van der Waals surface area contributed by atoms with Crippen molar-refractivity contribution in [1.82, 2.24) is 0 Å². The van der Waals surface area contributed by atoms with Crippen LogP contribution in [0.3, 0.4) is 0 Å². The average Bonchev–Trinajstić information content (AvgIpc) is 2.90. The number of aromatic hydroxyl groups is 1. The maximum Gasteiger partial charge on any atom is 0.209 e. The molecule has 5 rings (SSSR count). The van der Waals surface area contributed by atoms with Gasteiger partial charge in [-0.2, -0.15) is 0 Å². The lowest BCUT2D eigenvalue weighted by molar-refractivity contribution is -0.144. The van der Waals surface area contributed by atoms with Gasteiger partial charge in [0.05, 0.1) is 5.56 Å². The third-order valence-electron chi connectivity index (χ3n) is 8.95. The number of benzene rings is 2. The number of allylic oxidation sites excluding steroid dienone is 2. The van der Waals surface area contributed by atoms with Crippen molar-refractivity contribution >= 4 is 23.1 Å². The monoisotopic (exact) mass is 558 g/mol. The molecule has 8 heteroatoms. The van der Waals surface area contributed by atoms with Gasteiger partial charge < -0.3 is 20.4 Å². The van der Waals surface area contributed by atoms with Crippen molar-refractivity contribution in [2.45, 2.75) is 71.3 Å². The normalized spacial score (nSPS) is 23.9. The van der Waals surface area contributed by atoms with E-state index in [1.54, 1.807) is 12.1 Å². The van der Waals surface area contributed by atoms with Crippen LogP contribution in [0.5, 0.6) is 5.75 Å². The van der Waals surface area contributed by atoms with Gasteiger partial charge in [-0.15, -0.1) is 0 Å². The van der Waals surface area contributed by atoms with Crippen molar-refractivity contribution in [2.75, 3.05) is 0 Å². The summed E-state index contributed by atoms with van der Waals surface area (Å²) in [4.78, 5) is 51.0. The van der Waals surface area contributed by atoms with Gasteiger partial charge in [0.15, 0.2) is 23.0 Å². The van der Waals surface area contributed by atoms with Crippen molar-refractivity contribution in [3.63, 3.8) is 0 Å². The van der Waals surface area contributed by atoms with Crippen LogP contribution in [0.4, 0.5) is 0 Å². The van der Waals surface area contributed by atoms with Crippen molar-refractivity contribution < 1.29 is 39.6 Å². The van der Waals surface area contributed by atoms with Gasteiger partial charge in [0.2, 0.25) is 5.78 Å². The Labute approximate surface area is 238 Å². The zero-order valence-electron chi connectivity index (χ0n) is 23.6. The van der Waals surface area contributed by atoms with Crippen LogP contribution in [0, 0.1) is 11.8 Å². The zero-order chi connectivity index (χ0) is 30.0. The first-order valence-corrected chi connectivity index (χ1v) is 13.9. The standard InChI is InChI=1S/C33H34O8/c1-15(2)23-12-20(10-7-18-5-8-19(9-6-18)16(3)34)29(37)28-24(23)13-21-11-22-14-25(36)26(17(4)35)31(39)33(22,41)32(40)27(21)30(28)38/h5-6,8-9,12,15,21-22,36-37,40-41H,7,10-11,13-14H2,1-4H3/t21-,22+,33-/m1/s1. The van der Waals surface area contributed by atoms with Gasteiger partial charge in [0, 0.05) is 23.5 Å². The minimum atomic E-state index is -2.51. The van der Waals surface area contributed by atoms with Gasteiger partial charge in [-0.1, -0.05) is 44.2 Å². The summed E-state index contributed by atoms with van der Waals surface area (Å²) in [6.07, 6.45) is 1.22. The van der Waals surface area contributed by atoms with E-state index in [2.05, 4.69) is 0 Å². The molecule has 3 atom stereocenters. The first-order valence-electron chi connectivity index (χ1n) is 13.9. The summed E-state index contributed by atoms with van der Waals surface area (Å²) in [5.41, 5.74) is 0.552. The molecule has 0 saturated carbocycles. The van der Waals surface area contributed by atoms with E-state index in [0.29, 0.717) is 36.0 Å². The molecule has 0 aliphatic heterocycles. The number of phenolic OH excluding ortho intramolecular Hbond substituents is 1. The number of aliphatic hydroxyl groups is 3. The molecule has 0 heterocycles. The van der Waals surface area contributed by atoms with Gasteiger partial charge in [-0.25, -0.2) is 0 Å². The smallest absolute Gasteiger partial charge is 0.209 e. The molecular formula is C33H34O8. The zero-order valence-corrected chi connectivity index (χ0v) is 23.6. The van der Waals surface area contributed by atoms with Gasteiger partial charge in [-0.05, 0) is 73.6 Å². The average molecular weight is 559 g/mol. The van der Waals surface area contributed by atoms with E-state index >= 15 is 0 Å². The van der Waals surface area contributed by atoms with Crippen molar-refractivity contribution in [3.8, 4) is 5.75 Å². The number of aliphatic hydroxyl groups excluding tert-OH is 2. The fraction of sp³-hybridized carbons (Fsp3) is 0.394. The van der Waals surface area contributed by atoms with Crippen LogP contribution in [0.15, 0.2) is 53.0 Å². The Bertz CT molecular complexity index is 1570. The summed E-state index contributed by atoms with van der Waals surface area (Å²) in [5.74, 6) is -5.37. The SMILES string of the molecule is CC(=O)C1=C(O)C[C@@H]2C[C@@H]3Cc4c(C(C)C)cc(CCc5ccc(C(C)=O)cc5)c(O)c4C(=O)C3=C(O)[C@]2(O)C1=O. The lowest BCUT2D eigenvalue weighted by Gasteiger charge is -2.46. The largest absolute Gasteiger partial charge is 0.511 e. The van der Waals surface area contributed by atoms with Gasteiger partial charge >= 0.3 is 0 Å². The van der Waals surface area contributed by atoms with E-state index < -0.39 is 51.9 Å². The van der Waals surface area contributed by atoms with E-state index in [-0.39, 0.29) is 41.4 Å². The molecule has 4 N–H and O–H groups in total. The first kappa shape index (κ1) is 28.5. The van der Waals surface area contributed by atoms with Gasteiger partial charge in [0.1, 0.15) is 22.8 Å². The van der Waals surface area contributed by atoms with Gasteiger partial charge in [0.25, 0.3) is 0 Å². The number of hydrogen-bond acceptors (Lipinski definition) is 8. The van der Waals surface area contributed by atoms with Crippen LogP contribution in [0.1, 0.15) is 89.4 Å². The molecule has 8 nitrogen and oxygen atoms in total. The molecule has 214 valence electrons. The Morgan fingerprint density at radius 1 is 0.976 bits per heavy atom. The Morgan fingerprint density at radius 3 is 2.22 bits per heavy atom. The Hall–Kier alpha value is -4.04. The Balaban J connectivity index is 1.57. The highest BCUT2D eigenvalue weighted by atomic mass is 16.3. The maximum atomic E-state index is 14.0. The van der Waals surface area contributed by atoms with E-state index in [4.69, 9.17) is 0 Å². The van der Waals surface area contributed by atoms with E-state index in [9.17, 15) is 39.6 Å². The predicted molar refractivity (Wildman–Crippen MR) is 150 cm³/mol. The second kappa shape index (κ2) is 10.1. The minimum absolute atomic E-state index is 0.0201. The molecule has 0 bridgehead atoms. The second-order valence-corrected chi connectivity index (χ2v) is 11.8. The van der Waals surface area contributed by atoms with Crippen LogP contribution in [-0.4, -0.2) is 49.2 Å². The van der Waals surface area contributed by atoms with Crippen LogP contribution in [0.2, 0.25) is 0 Å². The molecule has 0 unspecified atom stereocenters. The highest BCUT2D eigenvalue weighted by molar-refractivity contribution is 6.25. The molecule has 0 aromatic heterocycles. The molecule has 0 saturated heterocycles. The minimum Gasteiger partial charge on any atom is -0.511 e. The summed E-state index contributed by atoms with van der Waals surface area (Å²) in [6.45, 7) is 6.58. The lowest BCUT2D eigenvalue weighted by Crippen LogP contribution is -2.56. The highest BCUT2D eigenvalue weighted by Gasteiger charge is 2.59. The number of fused-ring (bicyclic) bond motifs is 3. The maximum absolute atomic E-state index is 14.0. The number of carbonyl (C=O) groups excluding carboxylic acids is 4. The summed E-state index contributed by atoms with van der Waals surface area (Å²) in [5, 5.41) is 44.7. The van der Waals surface area contributed by atoms with E-state index in [1.807, 2.05) is 32.0 Å². The quantitative estimate of drug-likeness (QED) is 0.292. The predicted octanol–water partition coefficient (Wildman–Crippen LogP) is 4.80. The van der Waals surface area contributed by atoms with Crippen molar-refractivity contribution in [2.24, 2.45) is 11.8 Å². The summed E-state index contributed by atoms with van der Waals surface area (Å²) in [7, 11) is 0. The van der Waals surface area contributed by atoms with Gasteiger partial charge in [-0.3, -0.25) is 19.2 Å². The molecule has 0 radical (unpaired) electrons. The Kier molecular flexibility index (Phi) is 7.02. The Morgan fingerprint density at radius 2 is 1.63 bits per heavy atom. The number of carbonyl (C=O) groups is 4. The van der Waals surface area contributed by atoms with E-state index in [1.165, 1.54) is 6.92 Å². The summed E-state index contributed by atoms with van der Waals surface area (Å²) in [6, 6.07) is 9.14. The van der Waals surface area contributed by atoms with Crippen LogP contribution in [0.25, 0.3) is 0 Å². The molecule has 0 amide bonds. The lowest BCUT2D eigenvalue weighted by atomic mass is 9.59. The van der Waals surface area contributed by atoms with E-state index in [0.717, 1.165) is 18.1 Å². The number of Topliss-reactive ketones (excluding diaryl/α,β-unsaturated/α-hetero) is 4. The van der Waals surface area contributed by atoms with Crippen molar-refractivity contribution in [1.29, 1.82) is 0 Å². The fourth-order valence-electron chi connectivity index (χ4n) is 6.77. The number of phenols is 1. The molecule has 2 aromatic rings. The first-order chi connectivity index (χ1) is 19.3. The molecule has 3 aliphatic carbocycles. The number of ketones is 4. The molecule has 2 aromatic carbocycles. The van der Waals surface area contributed by atoms with Crippen LogP contribution >= 0.6 is 0 Å². The summed E-state index contributed by atoms with van der Waals surface area (Å²) >= 11 is 0. The van der Waals surface area contributed by atoms with Crippen LogP contribution < -0.4 is 0 Å².